The molecule has 0 atom stereocenters. The number of carbonyl (C=O) groups is 1. The van der Waals surface area contributed by atoms with Gasteiger partial charge in [0.05, 0.1) is 0 Å². The molecule has 5 heteroatoms. The van der Waals surface area contributed by atoms with Crippen LogP contribution in [0.3, 0.4) is 0 Å². The lowest BCUT2D eigenvalue weighted by Crippen LogP contribution is -2.14. The van der Waals surface area contributed by atoms with Crippen LogP contribution in [-0.2, 0) is 0 Å². The number of nitrogens with one attached hydrogen (secondary N) is 1. The number of amides is 1. The average Bonchev–Trinajstić information content (AvgIpc) is 2.38. The Morgan fingerprint density at radius 1 is 1.10 bits per heavy atom. The van der Waals surface area contributed by atoms with Gasteiger partial charge in [0.2, 0.25) is 0 Å². The topological polar surface area (TPSA) is 95.6 Å². The SMILES string of the molecule is Cc1ccc(N)c(C)c1NC(=O)c1cc(O)cc(O)c1. The number of hydrogen-bond donors (Lipinski definition) is 4. The number of aryl methyl sites for hydroxylation is 1. The van der Waals surface area contributed by atoms with Crippen LogP contribution in [-0.4, -0.2) is 16.1 Å². The van der Waals surface area contributed by atoms with Crippen molar-refractivity contribution in [3.63, 3.8) is 0 Å². The van der Waals surface area contributed by atoms with Crippen molar-refractivity contribution in [1.29, 1.82) is 0 Å². The van der Waals surface area contributed by atoms with Crippen LogP contribution < -0.4 is 11.1 Å². The summed E-state index contributed by atoms with van der Waals surface area (Å²) >= 11 is 0. The summed E-state index contributed by atoms with van der Waals surface area (Å²) in [4.78, 5) is 12.2. The molecular weight excluding hydrogens is 256 g/mol. The number of phenolic OH excluding ortho intramolecular Hbond substituents is 2. The van der Waals surface area contributed by atoms with Crippen LogP contribution in [0.25, 0.3) is 0 Å². The fourth-order valence-corrected chi connectivity index (χ4v) is 1.97. The van der Waals surface area contributed by atoms with Crippen LogP contribution in [0.5, 0.6) is 11.5 Å². The molecule has 0 aliphatic rings. The lowest BCUT2D eigenvalue weighted by molar-refractivity contribution is 0.102. The molecule has 0 aromatic heterocycles. The fraction of sp³-hybridized carbons (Fsp3) is 0.133. The zero-order chi connectivity index (χ0) is 14.9. The summed E-state index contributed by atoms with van der Waals surface area (Å²) in [5.41, 5.74) is 8.88. The van der Waals surface area contributed by atoms with E-state index in [0.29, 0.717) is 11.4 Å². The van der Waals surface area contributed by atoms with Crippen molar-refractivity contribution in [1.82, 2.24) is 0 Å². The number of anilines is 2. The fourth-order valence-electron chi connectivity index (χ4n) is 1.97. The minimum absolute atomic E-state index is 0.170. The molecule has 0 heterocycles. The maximum Gasteiger partial charge on any atom is 0.255 e. The maximum atomic E-state index is 12.2. The molecule has 0 aliphatic carbocycles. The van der Waals surface area contributed by atoms with Crippen LogP contribution in [0.15, 0.2) is 30.3 Å². The van der Waals surface area contributed by atoms with Gasteiger partial charge in [0.1, 0.15) is 11.5 Å². The molecule has 104 valence electrons. The zero-order valence-corrected chi connectivity index (χ0v) is 11.3. The van der Waals surface area contributed by atoms with Gasteiger partial charge < -0.3 is 21.3 Å². The van der Waals surface area contributed by atoms with Crippen LogP contribution in [0.1, 0.15) is 21.5 Å². The van der Waals surface area contributed by atoms with Gasteiger partial charge in [-0.05, 0) is 43.2 Å². The van der Waals surface area contributed by atoms with Gasteiger partial charge >= 0.3 is 0 Å². The molecule has 0 radical (unpaired) electrons. The summed E-state index contributed by atoms with van der Waals surface area (Å²) in [6.45, 7) is 3.68. The molecule has 0 spiro atoms. The molecule has 0 aliphatic heterocycles. The van der Waals surface area contributed by atoms with Gasteiger partial charge in [0.15, 0.2) is 0 Å². The van der Waals surface area contributed by atoms with E-state index in [1.165, 1.54) is 12.1 Å². The minimum Gasteiger partial charge on any atom is -0.508 e. The van der Waals surface area contributed by atoms with E-state index in [-0.39, 0.29) is 17.1 Å². The summed E-state index contributed by atoms with van der Waals surface area (Å²) in [7, 11) is 0. The van der Waals surface area contributed by atoms with E-state index < -0.39 is 5.91 Å². The van der Waals surface area contributed by atoms with Gasteiger partial charge in [-0.15, -0.1) is 0 Å². The average molecular weight is 272 g/mol. The van der Waals surface area contributed by atoms with Gasteiger partial charge in [0, 0.05) is 23.0 Å². The third-order valence-corrected chi connectivity index (χ3v) is 3.12. The predicted octanol–water partition coefficient (Wildman–Crippen LogP) is 2.55. The van der Waals surface area contributed by atoms with Gasteiger partial charge in [0.25, 0.3) is 5.91 Å². The summed E-state index contributed by atoms with van der Waals surface area (Å²) < 4.78 is 0. The first kappa shape index (κ1) is 13.7. The van der Waals surface area contributed by atoms with E-state index in [1.807, 2.05) is 19.9 Å². The lowest BCUT2D eigenvalue weighted by atomic mass is 10.1. The Labute approximate surface area is 116 Å². The molecule has 0 unspecified atom stereocenters. The Morgan fingerprint density at radius 2 is 1.70 bits per heavy atom. The first-order valence-corrected chi connectivity index (χ1v) is 6.08. The normalized spacial score (nSPS) is 10.3. The standard InChI is InChI=1S/C15H16N2O3/c1-8-3-4-13(16)9(2)14(8)17-15(20)10-5-11(18)7-12(19)6-10/h3-7,18-19H,16H2,1-2H3,(H,17,20). The van der Waals surface area contributed by atoms with Crippen molar-refractivity contribution in [2.75, 3.05) is 11.1 Å². The summed E-state index contributed by atoms with van der Waals surface area (Å²) in [6, 6.07) is 7.32. The Morgan fingerprint density at radius 3 is 2.30 bits per heavy atom. The lowest BCUT2D eigenvalue weighted by Gasteiger charge is -2.13. The largest absolute Gasteiger partial charge is 0.508 e. The van der Waals surface area contributed by atoms with Crippen molar-refractivity contribution >= 4 is 17.3 Å². The molecule has 2 aromatic rings. The van der Waals surface area contributed by atoms with Crippen molar-refractivity contribution in [3.05, 3.63) is 47.0 Å². The van der Waals surface area contributed by atoms with Gasteiger partial charge in [-0.1, -0.05) is 6.07 Å². The van der Waals surface area contributed by atoms with Crippen molar-refractivity contribution < 1.29 is 15.0 Å². The smallest absolute Gasteiger partial charge is 0.255 e. The molecule has 0 bridgehead atoms. The highest BCUT2D eigenvalue weighted by Crippen LogP contribution is 2.27. The zero-order valence-electron chi connectivity index (χ0n) is 11.3. The highest BCUT2D eigenvalue weighted by atomic mass is 16.3. The molecule has 2 aromatic carbocycles. The predicted molar refractivity (Wildman–Crippen MR) is 78.1 cm³/mol. The Kier molecular flexibility index (Phi) is 3.52. The van der Waals surface area contributed by atoms with E-state index in [9.17, 15) is 15.0 Å². The number of benzene rings is 2. The Hall–Kier alpha value is -2.69. The van der Waals surface area contributed by atoms with E-state index in [1.54, 1.807) is 6.07 Å². The second-order valence-electron chi connectivity index (χ2n) is 4.66. The van der Waals surface area contributed by atoms with E-state index >= 15 is 0 Å². The molecule has 20 heavy (non-hydrogen) atoms. The number of rotatable bonds is 2. The van der Waals surface area contributed by atoms with Crippen molar-refractivity contribution in [2.45, 2.75) is 13.8 Å². The van der Waals surface area contributed by atoms with Gasteiger partial charge in [-0.3, -0.25) is 4.79 Å². The number of carbonyl (C=O) groups excluding carboxylic acids is 1. The third-order valence-electron chi connectivity index (χ3n) is 3.12. The number of nitrogens with two attached hydrogens (primary N) is 1. The van der Waals surface area contributed by atoms with Crippen molar-refractivity contribution in [2.24, 2.45) is 0 Å². The molecular formula is C15H16N2O3. The van der Waals surface area contributed by atoms with Crippen LogP contribution in [0.2, 0.25) is 0 Å². The van der Waals surface area contributed by atoms with Crippen LogP contribution in [0.4, 0.5) is 11.4 Å². The highest BCUT2D eigenvalue weighted by molar-refractivity contribution is 6.05. The molecule has 1 amide bonds. The third kappa shape index (κ3) is 2.66. The number of nitrogen functional groups attached to an aromatic ring is 1. The quantitative estimate of drug-likeness (QED) is 0.632. The summed E-state index contributed by atoms with van der Waals surface area (Å²) in [5.74, 6) is -0.764. The van der Waals surface area contributed by atoms with Gasteiger partial charge in [-0.2, -0.15) is 0 Å². The van der Waals surface area contributed by atoms with E-state index in [2.05, 4.69) is 5.32 Å². The number of hydrogen-bond acceptors (Lipinski definition) is 4. The second-order valence-corrected chi connectivity index (χ2v) is 4.66. The highest BCUT2D eigenvalue weighted by Gasteiger charge is 2.12. The Bertz CT molecular complexity index is 661. The number of phenols is 2. The summed E-state index contributed by atoms with van der Waals surface area (Å²) in [6.07, 6.45) is 0. The molecule has 5 N–H and O–H groups in total. The Balaban J connectivity index is 2.35. The molecule has 2 rings (SSSR count). The molecule has 5 nitrogen and oxygen atoms in total. The van der Waals surface area contributed by atoms with E-state index in [0.717, 1.165) is 17.2 Å². The van der Waals surface area contributed by atoms with E-state index in [4.69, 9.17) is 5.73 Å². The molecule has 0 saturated heterocycles. The van der Waals surface area contributed by atoms with Gasteiger partial charge in [-0.25, -0.2) is 0 Å². The molecule has 0 saturated carbocycles. The number of aromatic hydroxyl groups is 2. The first-order valence-electron chi connectivity index (χ1n) is 6.08. The molecule has 0 fully saturated rings. The maximum absolute atomic E-state index is 12.2. The minimum atomic E-state index is -0.423. The monoisotopic (exact) mass is 272 g/mol. The second kappa shape index (κ2) is 5.13. The van der Waals surface area contributed by atoms with Crippen LogP contribution >= 0.6 is 0 Å². The first-order chi connectivity index (χ1) is 9.38. The van der Waals surface area contributed by atoms with Crippen LogP contribution in [0, 0.1) is 13.8 Å². The summed E-state index contributed by atoms with van der Waals surface area (Å²) in [5, 5.41) is 21.6. The van der Waals surface area contributed by atoms with Crippen molar-refractivity contribution in [3.8, 4) is 11.5 Å².